The molecule has 1 unspecified atom stereocenters. The Balaban J connectivity index is 2.94. The molecule has 1 aromatic rings. The van der Waals surface area contributed by atoms with Crippen LogP contribution >= 0.6 is 11.6 Å². The van der Waals surface area contributed by atoms with Crippen LogP contribution in [-0.4, -0.2) is 43.0 Å². The van der Waals surface area contributed by atoms with Crippen LogP contribution in [0.15, 0.2) is 12.1 Å². The lowest BCUT2D eigenvalue weighted by Gasteiger charge is -2.23. The van der Waals surface area contributed by atoms with Crippen LogP contribution in [0.25, 0.3) is 0 Å². The molecule has 0 saturated heterocycles. The van der Waals surface area contributed by atoms with E-state index in [1.54, 1.807) is 6.92 Å². The number of carbonyl (C=O) groups is 3. The van der Waals surface area contributed by atoms with E-state index < -0.39 is 23.4 Å². The van der Waals surface area contributed by atoms with Gasteiger partial charge in [-0.2, -0.15) is 0 Å². The van der Waals surface area contributed by atoms with Crippen molar-refractivity contribution in [3.05, 3.63) is 22.7 Å². The molecule has 0 fully saturated rings. The summed E-state index contributed by atoms with van der Waals surface area (Å²) in [7, 11) is 1.36. The molecule has 1 rings (SSSR count). The van der Waals surface area contributed by atoms with E-state index in [2.05, 4.69) is 10.6 Å². The summed E-state index contributed by atoms with van der Waals surface area (Å²) in [4.78, 5) is 35.3. The van der Waals surface area contributed by atoms with E-state index >= 15 is 0 Å². The molecule has 8 nitrogen and oxygen atoms in total. The highest BCUT2D eigenvalue weighted by Crippen LogP contribution is 2.36. The molecule has 0 aromatic heterocycles. The number of nitrogens with one attached hydrogen (secondary N) is 2. The summed E-state index contributed by atoms with van der Waals surface area (Å²) in [5.41, 5.74) is 4.80. The molecule has 9 heteroatoms. The smallest absolute Gasteiger partial charge is 0.255 e. The quantitative estimate of drug-likeness (QED) is 0.652. The van der Waals surface area contributed by atoms with E-state index in [0.717, 1.165) is 0 Å². The first-order chi connectivity index (χ1) is 11.9. The summed E-state index contributed by atoms with van der Waals surface area (Å²) in [5, 5.41) is 5.44. The third kappa shape index (κ3) is 6.44. The van der Waals surface area contributed by atoms with Crippen LogP contribution in [0.4, 0.5) is 0 Å². The van der Waals surface area contributed by atoms with Gasteiger partial charge in [0.2, 0.25) is 5.91 Å². The third-order valence-corrected chi connectivity index (χ3v) is 3.37. The summed E-state index contributed by atoms with van der Waals surface area (Å²) < 4.78 is 10.3. The maximum absolute atomic E-state index is 12.4. The first kappa shape index (κ1) is 21.6. The van der Waals surface area contributed by atoms with Gasteiger partial charge in [-0.25, -0.2) is 0 Å². The fraction of sp³-hybridized carbons (Fsp3) is 0.471. The molecule has 0 aliphatic carbocycles. The second kappa shape index (κ2) is 8.75. The minimum absolute atomic E-state index is 0.0718. The Morgan fingerprint density at radius 3 is 2.38 bits per heavy atom. The molecule has 0 heterocycles. The van der Waals surface area contributed by atoms with Gasteiger partial charge in [0.1, 0.15) is 6.04 Å². The second-order valence-electron chi connectivity index (χ2n) is 6.68. The minimum Gasteiger partial charge on any atom is -0.493 e. The zero-order chi connectivity index (χ0) is 20.1. The van der Waals surface area contributed by atoms with Crippen molar-refractivity contribution in [2.75, 3.05) is 13.7 Å². The number of benzene rings is 1. The molecular formula is C17H24ClN3O5. The number of carbonyl (C=O) groups excluding carboxylic acids is 3. The highest BCUT2D eigenvalue weighted by Gasteiger charge is 2.22. The van der Waals surface area contributed by atoms with Crippen LogP contribution < -0.4 is 25.8 Å². The summed E-state index contributed by atoms with van der Waals surface area (Å²) in [5.74, 6) is -1.24. The van der Waals surface area contributed by atoms with E-state index in [1.807, 2.05) is 20.8 Å². The highest BCUT2D eigenvalue weighted by molar-refractivity contribution is 6.32. The number of hydrogen-bond acceptors (Lipinski definition) is 5. The standard InChI is InChI=1S/C17H24ClN3O5/c1-9(15(23)21-17(2,3)4)20-16(24)10-6-11(18)14(12(7-10)25-5)26-8-13(19)22/h6-7,9H,8H2,1-5H3,(H2,19,22)(H,20,24)(H,21,23). The van der Waals surface area contributed by atoms with Crippen LogP contribution in [0, 0.1) is 0 Å². The van der Waals surface area contributed by atoms with Crippen molar-refractivity contribution in [1.29, 1.82) is 0 Å². The van der Waals surface area contributed by atoms with Crippen LogP contribution in [0.5, 0.6) is 11.5 Å². The Bertz CT molecular complexity index is 700. The number of hydrogen-bond donors (Lipinski definition) is 3. The number of halogens is 1. The average Bonchev–Trinajstić information content (AvgIpc) is 2.50. The zero-order valence-corrected chi connectivity index (χ0v) is 16.2. The largest absolute Gasteiger partial charge is 0.493 e. The molecule has 4 N–H and O–H groups in total. The van der Waals surface area contributed by atoms with E-state index in [-0.39, 0.29) is 34.6 Å². The van der Waals surface area contributed by atoms with Gasteiger partial charge in [0.15, 0.2) is 18.1 Å². The molecule has 0 saturated carbocycles. The van der Waals surface area contributed by atoms with Crippen molar-refractivity contribution in [3.8, 4) is 11.5 Å². The summed E-state index contributed by atoms with van der Waals surface area (Å²) in [6.45, 7) is 6.71. The highest BCUT2D eigenvalue weighted by atomic mass is 35.5. The SMILES string of the molecule is COc1cc(C(=O)NC(C)C(=O)NC(C)(C)C)cc(Cl)c1OCC(N)=O. The Hall–Kier alpha value is -2.48. The first-order valence-electron chi connectivity index (χ1n) is 7.86. The van der Waals surface area contributed by atoms with Gasteiger partial charge in [-0.15, -0.1) is 0 Å². The molecule has 0 radical (unpaired) electrons. The van der Waals surface area contributed by atoms with Gasteiger partial charge < -0.3 is 25.8 Å². The minimum atomic E-state index is -0.753. The molecule has 0 spiro atoms. The van der Waals surface area contributed by atoms with Crippen LogP contribution in [-0.2, 0) is 9.59 Å². The molecule has 0 bridgehead atoms. The van der Waals surface area contributed by atoms with E-state index in [1.165, 1.54) is 19.2 Å². The van der Waals surface area contributed by atoms with Gasteiger partial charge in [0.25, 0.3) is 11.8 Å². The maximum Gasteiger partial charge on any atom is 0.255 e. The maximum atomic E-state index is 12.4. The molecular weight excluding hydrogens is 362 g/mol. The van der Waals surface area contributed by atoms with Gasteiger partial charge in [0, 0.05) is 11.1 Å². The second-order valence-corrected chi connectivity index (χ2v) is 7.09. The number of methoxy groups -OCH3 is 1. The first-order valence-corrected chi connectivity index (χ1v) is 8.24. The average molecular weight is 386 g/mol. The van der Waals surface area contributed by atoms with Crippen molar-refractivity contribution in [3.63, 3.8) is 0 Å². The van der Waals surface area contributed by atoms with E-state index in [4.69, 9.17) is 26.8 Å². The van der Waals surface area contributed by atoms with Gasteiger partial charge in [0.05, 0.1) is 12.1 Å². The number of primary amides is 1. The number of ether oxygens (including phenoxy) is 2. The predicted molar refractivity (Wildman–Crippen MR) is 97.5 cm³/mol. The lowest BCUT2D eigenvalue weighted by Crippen LogP contribution is -2.50. The molecule has 1 atom stereocenters. The fourth-order valence-electron chi connectivity index (χ4n) is 1.96. The van der Waals surface area contributed by atoms with Crippen molar-refractivity contribution < 1.29 is 23.9 Å². The van der Waals surface area contributed by atoms with Gasteiger partial charge >= 0.3 is 0 Å². The summed E-state index contributed by atoms with van der Waals surface area (Å²) in [6.07, 6.45) is 0. The number of amides is 3. The third-order valence-electron chi connectivity index (χ3n) is 3.09. The monoisotopic (exact) mass is 385 g/mol. The summed E-state index contributed by atoms with van der Waals surface area (Å²) >= 11 is 6.11. The zero-order valence-electron chi connectivity index (χ0n) is 15.4. The van der Waals surface area contributed by atoms with Gasteiger partial charge in [-0.3, -0.25) is 14.4 Å². The Morgan fingerprint density at radius 2 is 1.88 bits per heavy atom. The molecule has 1 aromatic carbocycles. The van der Waals surface area contributed by atoms with Gasteiger partial charge in [-0.1, -0.05) is 11.6 Å². The van der Waals surface area contributed by atoms with E-state index in [0.29, 0.717) is 0 Å². The Kier molecular flexibility index (Phi) is 7.26. The van der Waals surface area contributed by atoms with Crippen LogP contribution in [0.2, 0.25) is 5.02 Å². The Morgan fingerprint density at radius 1 is 1.27 bits per heavy atom. The molecule has 26 heavy (non-hydrogen) atoms. The van der Waals surface area contributed by atoms with Crippen LogP contribution in [0.3, 0.4) is 0 Å². The van der Waals surface area contributed by atoms with Crippen molar-refractivity contribution >= 4 is 29.3 Å². The summed E-state index contributed by atoms with van der Waals surface area (Å²) in [6, 6.07) is 1.99. The lowest BCUT2D eigenvalue weighted by molar-refractivity contribution is -0.124. The molecule has 0 aliphatic rings. The lowest BCUT2D eigenvalue weighted by atomic mass is 10.1. The predicted octanol–water partition coefficient (Wildman–Crippen LogP) is 1.25. The molecule has 144 valence electrons. The topological polar surface area (TPSA) is 120 Å². The van der Waals surface area contributed by atoms with Crippen molar-refractivity contribution in [1.82, 2.24) is 10.6 Å². The van der Waals surface area contributed by atoms with E-state index in [9.17, 15) is 14.4 Å². The Labute approximate surface area is 157 Å². The fourth-order valence-corrected chi connectivity index (χ4v) is 2.22. The van der Waals surface area contributed by atoms with Gasteiger partial charge in [-0.05, 0) is 39.8 Å². The number of rotatable bonds is 7. The normalized spacial score (nSPS) is 12.1. The van der Waals surface area contributed by atoms with Crippen LogP contribution in [0.1, 0.15) is 38.1 Å². The van der Waals surface area contributed by atoms with Crippen molar-refractivity contribution in [2.45, 2.75) is 39.3 Å². The van der Waals surface area contributed by atoms with Crippen molar-refractivity contribution in [2.24, 2.45) is 5.73 Å². The number of nitrogens with two attached hydrogens (primary N) is 1. The molecule has 0 aliphatic heterocycles. The molecule has 3 amide bonds.